The molecule has 0 aromatic rings. The first kappa shape index (κ1) is 17.7. The fraction of sp³-hybridized carbons (Fsp3) is 0.636. The maximum Gasteiger partial charge on any atom is 0.326 e. The minimum Gasteiger partial charge on any atom is -0.481 e. The van der Waals surface area contributed by atoms with Crippen molar-refractivity contribution in [2.24, 2.45) is 0 Å². The van der Waals surface area contributed by atoms with Gasteiger partial charge in [-0.3, -0.25) is 14.5 Å². The van der Waals surface area contributed by atoms with E-state index in [2.05, 4.69) is 5.32 Å². The first-order chi connectivity index (χ1) is 9.29. The maximum absolute atomic E-state index is 11.8. The Hall–Kier alpha value is -2.32. The SMILES string of the molecule is CC[C@H](C(=O)O)N(CC(=O)O)C(=O)NCCCC(=O)O. The van der Waals surface area contributed by atoms with Gasteiger partial charge < -0.3 is 20.6 Å². The topological polar surface area (TPSA) is 144 Å². The number of hydrogen-bond acceptors (Lipinski definition) is 4. The van der Waals surface area contributed by atoms with E-state index in [-0.39, 0.29) is 25.8 Å². The minimum absolute atomic E-state index is 0.0251. The molecule has 0 heterocycles. The van der Waals surface area contributed by atoms with Crippen LogP contribution < -0.4 is 5.32 Å². The highest BCUT2D eigenvalue weighted by atomic mass is 16.4. The number of carbonyl (C=O) groups is 4. The highest BCUT2D eigenvalue weighted by Crippen LogP contribution is 2.05. The van der Waals surface area contributed by atoms with Crippen molar-refractivity contribution in [2.45, 2.75) is 32.2 Å². The molecule has 0 radical (unpaired) electrons. The molecule has 4 N–H and O–H groups in total. The second-order valence-electron chi connectivity index (χ2n) is 4.01. The van der Waals surface area contributed by atoms with Crippen LogP contribution in [-0.2, 0) is 14.4 Å². The first-order valence-corrected chi connectivity index (χ1v) is 6.00. The molecule has 0 saturated heterocycles. The molecule has 0 fully saturated rings. The second kappa shape index (κ2) is 8.73. The third-order valence-electron chi connectivity index (χ3n) is 2.46. The zero-order valence-electron chi connectivity index (χ0n) is 11.0. The molecule has 114 valence electrons. The van der Waals surface area contributed by atoms with Crippen LogP contribution in [0.15, 0.2) is 0 Å². The number of carbonyl (C=O) groups excluding carboxylic acids is 1. The molecule has 0 saturated carbocycles. The largest absolute Gasteiger partial charge is 0.481 e. The van der Waals surface area contributed by atoms with Crippen molar-refractivity contribution in [2.75, 3.05) is 13.1 Å². The van der Waals surface area contributed by atoms with Crippen LogP contribution in [0.25, 0.3) is 0 Å². The van der Waals surface area contributed by atoms with Gasteiger partial charge in [0.2, 0.25) is 0 Å². The Labute approximate surface area is 115 Å². The number of urea groups is 1. The summed E-state index contributed by atoms with van der Waals surface area (Å²) in [5.41, 5.74) is 0. The molecule has 0 aliphatic heterocycles. The van der Waals surface area contributed by atoms with Crippen molar-refractivity contribution in [1.82, 2.24) is 10.2 Å². The van der Waals surface area contributed by atoms with E-state index in [1.54, 1.807) is 0 Å². The Morgan fingerprint density at radius 3 is 2.10 bits per heavy atom. The fourth-order valence-corrected chi connectivity index (χ4v) is 1.53. The molecule has 0 aromatic heterocycles. The van der Waals surface area contributed by atoms with Gasteiger partial charge in [-0.1, -0.05) is 6.92 Å². The molecular formula is C11H18N2O7. The lowest BCUT2D eigenvalue weighted by Crippen LogP contribution is -2.51. The van der Waals surface area contributed by atoms with Gasteiger partial charge in [0.25, 0.3) is 0 Å². The third-order valence-corrected chi connectivity index (χ3v) is 2.46. The lowest BCUT2D eigenvalue weighted by molar-refractivity contribution is -0.144. The molecule has 9 nitrogen and oxygen atoms in total. The molecule has 0 unspecified atom stereocenters. The standard InChI is InChI=1S/C11H18N2O7/c1-2-7(10(18)19)13(6-9(16)17)11(20)12-5-3-4-8(14)15/h7H,2-6H2,1H3,(H,12,20)(H,14,15)(H,16,17)(H,18,19)/t7-/m1/s1. The summed E-state index contributed by atoms with van der Waals surface area (Å²) in [6.45, 7) is 0.804. The van der Waals surface area contributed by atoms with Gasteiger partial charge in [0, 0.05) is 13.0 Å². The second-order valence-corrected chi connectivity index (χ2v) is 4.01. The number of nitrogens with zero attached hydrogens (tertiary/aromatic N) is 1. The van der Waals surface area contributed by atoms with Gasteiger partial charge in [-0.15, -0.1) is 0 Å². The van der Waals surface area contributed by atoms with E-state index >= 15 is 0 Å². The van der Waals surface area contributed by atoms with E-state index in [9.17, 15) is 19.2 Å². The lowest BCUT2D eigenvalue weighted by Gasteiger charge is -2.26. The molecule has 0 spiro atoms. The molecule has 0 aromatic carbocycles. The Morgan fingerprint density at radius 1 is 1.10 bits per heavy atom. The summed E-state index contributed by atoms with van der Waals surface area (Å²) in [6.07, 6.45) is 0.0896. The van der Waals surface area contributed by atoms with Gasteiger partial charge in [-0.25, -0.2) is 9.59 Å². The van der Waals surface area contributed by atoms with Crippen LogP contribution in [0, 0.1) is 0 Å². The van der Waals surface area contributed by atoms with Crippen LogP contribution in [0.5, 0.6) is 0 Å². The summed E-state index contributed by atoms with van der Waals surface area (Å²) in [5.74, 6) is -3.64. The van der Waals surface area contributed by atoms with Gasteiger partial charge in [0.1, 0.15) is 12.6 Å². The van der Waals surface area contributed by atoms with Gasteiger partial charge in [-0.2, -0.15) is 0 Å². The average Bonchev–Trinajstić information content (AvgIpc) is 2.32. The van der Waals surface area contributed by atoms with Crippen molar-refractivity contribution < 1.29 is 34.5 Å². The van der Waals surface area contributed by atoms with Crippen molar-refractivity contribution in [1.29, 1.82) is 0 Å². The lowest BCUT2D eigenvalue weighted by atomic mass is 10.2. The van der Waals surface area contributed by atoms with Crippen LogP contribution >= 0.6 is 0 Å². The summed E-state index contributed by atoms with van der Waals surface area (Å²) in [4.78, 5) is 44.4. The van der Waals surface area contributed by atoms with Crippen molar-refractivity contribution in [3.63, 3.8) is 0 Å². The number of nitrogens with one attached hydrogen (secondary N) is 1. The smallest absolute Gasteiger partial charge is 0.326 e. The minimum atomic E-state index is -1.33. The van der Waals surface area contributed by atoms with Crippen LogP contribution in [0.2, 0.25) is 0 Å². The molecule has 0 bridgehead atoms. The van der Waals surface area contributed by atoms with Gasteiger partial charge in [0.05, 0.1) is 0 Å². The fourth-order valence-electron chi connectivity index (χ4n) is 1.53. The van der Waals surface area contributed by atoms with Crippen LogP contribution in [0.4, 0.5) is 4.79 Å². The quantitative estimate of drug-likeness (QED) is 0.431. The number of carboxylic acid groups (broad SMARTS) is 3. The molecule has 0 rings (SSSR count). The molecule has 20 heavy (non-hydrogen) atoms. The predicted molar refractivity (Wildman–Crippen MR) is 66.3 cm³/mol. The summed E-state index contributed by atoms with van der Waals surface area (Å²) < 4.78 is 0. The molecule has 0 aliphatic carbocycles. The Kier molecular flexibility index (Phi) is 7.71. The highest BCUT2D eigenvalue weighted by Gasteiger charge is 2.29. The van der Waals surface area contributed by atoms with E-state index < -0.39 is 36.5 Å². The number of hydrogen-bond donors (Lipinski definition) is 4. The molecule has 2 amide bonds. The number of rotatable bonds is 9. The number of amides is 2. The summed E-state index contributed by atoms with van der Waals surface area (Å²) in [5, 5.41) is 28.4. The van der Waals surface area contributed by atoms with E-state index in [0.29, 0.717) is 4.90 Å². The summed E-state index contributed by atoms with van der Waals surface area (Å²) in [6, 6.07) is -2.09. The van der Waals surface area contributed by atoms with E-state index in [1.807, 2.05) is 0 Å². The van der Waals surface area contributed by atoms with Gasteiger partial charge in [0.15, 0.2) is 0 Å². The van der Waals surface area contributed by atoms with Gasteiger partial charge >= 0.3 is 23.9 Å². The van der Waals surface area contributed by atoms with E-state index in [4.69, 9.17) is 15.3 Å². The Balaban J connectivity index is 4.60. The van der Waals surface area contributed by atoms with Crippen molar-refractivity contribution >= 4 is 23.9 Å². The van der Waals surface area contributed by atoms with Crippen molar-refractivity contribution in [3.8, 4) is 0 Å². The number of aliphatic carboxylic acids is 3. The van der Waals surface area contributed by atoms with Crippen LogP contribution in [0.1, 0.15) is 26.2 Å². The van der Waals surface area contributed by atoms with Gasteiger partial charge in [-0.05, 0) is 12.8 Å². The molecular weight excluding hydrogens is 272 g/mol. The molecule has 9 heteroatoms. The molecule has 1 atom stereocenters. The predicted octanol–water partition coefficient (Wildman–Crippen LogP) is -0.189. The first-order valence-electron chi connectivity index (χ1n) is 6.00. The Morgan fingerprint density at radius 2 is 1.70 bits per heavy atom. The third kappa shape index (κ3) is 6.57. The average molecular weight is 290 g/mol. The van der Waals surface area contributed by atoms with Crippen molar-refractivity contribution in [3.05, 3.63) is 0 Å². The maximum atomic E-state index is 11.8. The normalized spacial score (nSPS) is 11.4. The zero-order chi connectivity index (χ0) is 15.7. The number of carboxylic acids is 3. The van der Waals surface area contributed by atoms with Crippen LogP contribution in [0.3, 0.4) is 0 Å². The zero-order valence-corrected chi connectivity index (χ0v) is 11.0. The van der Waals surface area contributed by atoms with Crippen LogP contribution in [-0.4, -0.2) is 63.3 Å². The summed E-state index contributed by atoms with van der Waals surface area (Å²) >= 11 is 0. The monoisotopic (exact) mass is 290 g/mol. The Bertz CT molecular complexity index is 383. The van der Waals surface area contributed by atoms with E-state index in [1.165, 1.54) is 6.92 Å². The molecule has 0 aliphatic rings. The highest BCUT2D eigenvalue weighted by molar-refractivity contribution is 5.85. The van der Waals surface area contributed by atoms with E-state index in [0.717, 1.165) is 0 Å². The summed E-state index contributed by atoms with van der Waals surface area (Å²) in [7, 11) is 0.